The first-order valence-corrected chi connectivity index (χ1v) is 14.9. The molecule has 1 fully saturated rings. The number of fused-ring (bicyclic) bond motifs is 4. The molecule has 204 valence electrons. The number of H-pyrrole nitrogens is 1. The summed E-state index contributed by atoms with van der Waals surface area (Å²) in [6.45, 7) is 3.79. The molecule has 0 aliphatic carbocycles. The van der Waals surface area contributed by atoms with Crippen LogP contribution in [0.2, 0.25) is 0 Å². The lowest BCUT2D eigenvalue weighted by Gasteiger charge is -2.28. The molecule has 3 aromatic heterocycles. The van der Waals surface area contributed by atoms with E-state index < -0.39 is 15.1 Å². The normalized spacial score (nSPS) is 14.7. The van der Waals surface area contributed by atoms with Gasteiger partial charge in [-0.15, -0.1) is 10.3 Å². The zero-order chi connectivity index (χ0) is 28.0. The Hall–Kier alpha value is -4.00. The van der Waals surface area contributed by atoms with Crippen LogP contribution in [-0.2, 0) is 16.6 Å². The molecule has 1 aliphatic heterocycles. The SMILES string of the molecule is C#Cc1ccc2c(c1)[nH]c1c2c(=O)c2cc(CCCC)c(-c3cncc(S(=O)(=O)F)c3)cc2n1C1CCNCC1. The van der Waals surface area contributed by atoms with Crippen molar-refractivity contribution in [3.05, 3.63) is 70.1 Å². The van der Waals surface area contributed by atoms with E-state index in [2.05, 4.69) is 32.7 Å². The number of hydrogen-bond donors (Lipinski definition) is 2. The van der Waals surface area contributed by atoms with Crippen LogP contribution in [0.25, 0.3) is 44.0 Å². The number of aromatic amines is 1. The summed E-state index contributed by atoms with van der Waals surface area (Å²) < 4.78 is 39.5. The average molecular weight is 557 g/mol. The maximum Gasteiger partial charge on any atom is 0.333 e. The number of unbranched alkanes of at least 4 members (excludes halogenated alkanes) is 1. The molecule has 0 bridgehead atoms. The number of pyridine rings is 2. The third kappa shape index (κ3) is 4.47. The molecule has 2 aromatic carbocycles. The number of nitrogens with zero attached hydrogens (tertiary/aromatic N) is 2. The fraction of sp³-hybridized carbons (Fsp3) is 0.290. The van der Waals surface area contributed by atoms with Gasteiger partial charge in [0.1, 0.15) is 10.5 Å². The molecule has 0 atom stereocenters. The molecular weight excluding hydrogens is 527 g/mol. The van der Waals surface area contributed by atoms with Crippen LogP contribution in [0.1, 0.15) is 49.8 Å². The smallest absolute Gasteiger partial charge is 0.333 e. The maximum atomic E-state index is 14.2. The number of hydrogen-bond acceptors (Lipinski definition) is 5. The molecule has 0 unspecified atom stereocenters. The number of nitrogens with one attached hydrogen (secondary N) is 2. The van der Waals surface area contributed by atoms with Crippen LogP contribution in [0.4, 0.5) is 3.89 Å². The highest BCUT2D eigenvalue weighted by atomic mass is 32.3. The van der Waals surface area contributed by atoms with Crippen LogP contribution < -0.4 is 10.7 Å². The van der Waals surface area contributed by atoms with Gasteiger partial charge in [-0.2, -0.15) is 8.42 Å². The van der Waals surface area contributed by atoms with Crippen molar-refractivity contribution in [3.8, 4) is 23.5 Å². The number of terminal acetylenes is 1. The largest absolute Gasteiger partial charge is 0.340 e. The van der Waals surface area contributed by atoms with Gasteiger partial charge in [0.2, 0.25) is 0 Å². The van der Waals surface area contributed by atoms with Crippen LogP contribution in [0, 0.1) is 12.3 Å². The predicted molar refractivity (Wildman–Crippen MR) is 157 cm³/mol. The van der Waals surface area contributed by atoms with E-state index in [1.807, 2.05) is 30.3 Å². The van der Waals surface area contributed by atoms with E-state index >= 15 is 0 Å². The Morgan fingerprint density at radius 3 is 2.65 bits per heavy atom. The van der Waals surface area contributed by atoms with Gasteiger partial charge in [-0.3, -0.25) is 9.78 Å². The first-order valence-electron chi connectivity index (χ1n) is 13.5. The molecule has 0 saturated carbocycles. The number of rotatable bonds is 6. The Labute approximate surface area is 231 Å². The van der Waals surface area contributed by atoms with Crippen molar-refractivity contribution in [2.75, 3.05) is 13.1 Å². The van der Waals surface area contributed by atoms with E-state index in [9.17, 15) is 17.1 Å². The summed E-state index contributed by atoms with van der Waals surface area (Å²) in [7, 11) is -4.93. The van der Waals surface area contributed by atoms with E-state index in [4.69, 9.17) is 6.42 Å². The lowest BCUT2D eigenvalue weighted by atomic mass is 9.93. The van der Waals surface area contributed by atoms with Crippen molar-refractivity contribution in [1.82, 2.24) is 19.9 Å². The fourth-order valence-corrected chi connectivity index (χ4v) is 6.39. The Morgan fingerprint density at radius 1 is 1.12 bits per heavy atom. The van der Waals surface area contributed by atoms with Gasteiger partial charge in [0.05, 0.1) is 10.9 Å². The van der Waals surface area contributed by atoms with E-state index in [0.29, 0.717) is 22.8 Å². The van der Waals surface area contributed by atoms with Crippen molar-refractivity contribution in [2.24, 2.45) is 0 Å². The van der Waals surface area contributed by atoms with Crippen LogP contribution in [-0.4, -0.2) is 36.0 Å². The Balaban J connectivity index is 1.73. The van der Waals surface area contributed by atoms with Crippen molar-refractivity contribution < 1.29 is 12.3 Å². The van der Waals surface area contributed by atoms with E-state index in [0.717, 1.165) is 83.7 Å². The highest BCUT2D eigenvalue weighted by molar-refractivity contribution is 7.86. The monoisotopic (exact) mass is 556 g/mol. The van der Waals surface area contributed by atoms with Gasteiger partial charge in [0.25, 0.3) is 0 Å². The maximum absolute atomic E-state index is 14.2. The van der Waals surface area contributed by atoms with Gasteiger partial charge >= 0.3 is 10.2 Å². The van der Waals surface area contributed by atoms with E-state index in [1.165, 1.54) is 6.07 Å². The Morgan fingerprint density at radius 2 is 1.93 bits per heavy atom. The first-order chi connectivity index (χ1) is 19.3. The molecule has 0 spiro atoms. The third-order valence-corrected chi connectivity index (χ3v) is 8.70. The number of piperidine rings is 1. The van der Waals surface area contributed by atoms with Crippen molar-refractivity contribution in [1.29, 1.82) is 0 Å². The third-order valence-electron chi connectivity index (χ3n) is 7.92. The molecule has 2 N–H and O–H groups in total. The van der Waals surface area contributed by atoms with Crippen LogP contribution in [0.15, 0.2) is 58.5 Å². The average Bonchev–Trinajstić information content (AvgIpc) is 3.34. The number of aryl methyl sites for hydroxylation is 1. The van der Waals surface area contributed by atoms with E-state index in [1.54, 1.807) is 6.20 Å². The number of halogens is 1. The molecule has 9 heteroatoms. The molecule has 1 saturated heterocycles. The van der Waals surface area contributed by atoms with Gasteiger partial charge in [-0.25, -0.2) is 0 Å². The minimum Gasteiger partial charge on any atom is -0.340 e. The Bertz CT molecular complexity index is 2000. The molecular formula is C31H29FN4O3S. The summed E-state index contributed by atoms with van der Waals surface area (Å²) in [6, 6.07) is 11.0. The van der Waals surface area contributed by atoms with Crippen molar-refractivity contribution in [2.45, 2.75) is 50.0 Å². The molecule has 40 heavy (non-hydrogen) atoms. The standard InChI is InChI=1S/C31H29FN4O3S/c1-3-5-6-20-15-26-28(16-25(20)21-14-23(18-34-17-21)40(32,38)39)36(22-9-11-33-12-10-22)31-29(30(26)37)24-8-7-19(4-2)13-27(24)35-31/h2,7-8,13-18,22,33,35H,3,5-6,9-12H2,1H3. The quantitative estimate of drug-likeness (QED) is 0.210. The topological polar surface area (TPSA) is 96.8 Å². The summed E-state index contributed by atoms with van der Waals surface area (Å²) in [6.07, 6.45) is 12.5. The molecule has 5 aromatic rings. The summed E-state index contributed by atoms with van der Waals surface area (Å²) >= 11 is 0. The van der Waals surface area contributed by atoms with E-state index in [-0.39, 0.29) is 11.5 Å². The highest BCUT2D eigenvalue weighted by Gasteiger charge is 2.24. The minimum atomic E-state index is -4.93. The zero-order valence-corrected chi connectivity index (χ0v) is 22.9. The lowest BCUT2D eigenvalue weighted by Crippen LogP contribution is -2.30. The summed E-state index contributed by atoms with van der Waals surface area (Å²) in [5, 5.41) is 5.47. The molecule has 7 nitrogen and oxygen atoms in total. The van der Waals surface area contributed by atoms with Crippen molar-refractivity contribution in [3.63, 3.8) is 0 Å². The second-order valence-corrected chi connectivity index (χ2v) is 11.8. The second kappa shape index (κ2) is 10.2. The van der Waals surface area contributed by atoms with Gasteiger partial charge in [-0.05, 0) is 80.2 Å². The summed E-state index contributed by atoms with van der Waals surface area (Å²) in [5.74, 6) is 2.67. The van der Waals surface area contributed by atoms with Crippen LogP contribution >= 0.6 is 0 Å². The summed E-state index contributed by atoms with van der Waals surface area (Å²) in [4.78, 5) is 21.2. The van der Waals surface area contributed by atoms with Gasteiger partial charge in [-0.1, -0.05) is 25.3 Å². The van der Waals surface area contributed by atoms with Gasteiger partial charge in [0.15, 0.2) is 5.43 Å². The molecule has 0 amide bonds. The number of benzene rings is 2. The van der Waals surface area contributed by atoms with Gasteiger partial charge < -0.3 is 14.9 Å². The number of aromatic nitrogens is 3. The predicted octanol–water partition coefficient (Wildman–Crippen LogP) is 5.60. The minimum absolute atomic E-state index is 0.0718. The van der Waals surface area contributed by atoms with Gasteiger partial charge in [0, 0.05) is 45.9 Å². The molecule has 0 radical (unpaired) electrons. The van der Waals surface area contributed by atoms with Crippen molar-refractivity contribution >= 4 is 43.1 Å². The molecule has 1 aliphatic rings. The molecule has 4 heterocycles. The lowest BCUT2D eigenvalue weighted by molar-refractivity contribution is 0.381. The fourth-order valence-electron chi connectivity index (χ4n) is 5.94. The Kier molecular flexibility index (Phi) is 6.69. The van der Waals surface area contributed by atoms with Crippen LogP contribution in [0.5, 0.6) is 0 Å². The molecule has 6 rings (SSSR count). The zero-order valence-electron chi connectivity index (χ0n) is 22.1. The first kappa shape index (κ1) is 26.2. The highest BCUT2D eigenvalue weighted by Crippen LogP contribution is 2.36. The summed E-state index contributed by atoms with van der Waals surface area (Å²) in [5.41, 5.74) is 5.07. The van der Waals surface area contributed by atoms with Crippen LogP contribution in [0.3, 0.4) is 0 Å². The second-order valence-electron chi connectivity index (χ2n) is 10.4.